The summed E-state index contributed by atoms with van der Waals surface area (Å²) in [5, 5.41) is 5.96. The van der Waals surface area contributed by atoms with Crippen molar-refractivity contribution >= 4 is 45.6 Å². The van der Waals surface area contributed by atoms with Gasteiger partial charge in [0.25, 0.3) is 5.91 Å². The van der Waals surface area contributed by atoms with Crippen LogP contribution in [0.4, 0.5) is 5.13 Å². The first-order valence-electron chi connectivity index (χ1n) is 7.69. The molecule has 3 aromatic heterocycles. The second kappa shape index (κ2) is 7.48. The third kappa shape index (κ3) is 3.71. The Morgan fingerprint density at radius 1 is 1.07 bits per heavy atom. The predicted molar refractivity (Wildman–Crippen MR) is 105 cm³/mol. The first-order chi connectivity index (χ1) is 13.1. The Morgan fingerprint density at radius 3 is 2.67 bits per heavy atom. The van der Waals surface area contributed by atoms with Crippen molar-refractivity contribution in [2.24, 2.45) is 0 Å². The van der Waals surface area contributed by atoms with Gasteiger partial charge < -0.3 is 4.42 Å². The number of anilines is 1. The Kier molecular flexibility index (Phi) is 4.89. The Labute approximate surface area is 167 Å². The van der Waals surface area contributed by atoms with E-state index in [1.165, 1.54) is 17.7 Å². The SMILES string of the molecule is O=C(Nc1nc(-c2ncccc2Cl)cs1)c1ocnc1-c1ccc(Cl)cc1. The van der Waals surface area contributed by atoms with Crippen LogP contribution in [0.1, 0.15) is 10.6 Å². The van der Waals surface area contributed by atoms with E-state index in [-0.39, 0.29) is 5.76 Å². The predicted octanol–water partition coefficient (Wildman–Crippen LogP) is 5.42. The molecule has 4 rings (SSSR count). The number of hydrogen-bond donors (Lipinski definition) is 1. The maximum atomic E-state index is 12.6. The third-order valence-electron chi connectivity index (χ3n) is 3.62. The van der Waals surface area contributed by atoms with Gasteiger partial charge in [-0.15, -0.1) is 11.3 Å². The van der Waals surface area contributed by atoms with E-state index >= 15 is 0 Å². The highest BCUT2D eigenvalue weighted by Gasteiger charge is 2.20. The summed E-state index contributed by atoms with van der Waals surface area (Å²) in [7, 11) is 0. The molecule has 0 radical (unpaired) electrons. The fraction of sp³-hybridized carbons (Fsp3) is 0. The number of aromatic nitrogens is 3. The number of thiazole rings is 1. The number of hydrogen-bond acceptors (Lipinski definition) is 6. The molecule has 0 aliphatic carbocycles. The molecule has 1 N–H and O–H groups in total. The molecule has 0 saturated heterocycles. The lowest BCUT2D eigenvalue weighted by molar-refractivity contribution is 0.0997. The molecule has 27 heavy (non-hydrogen) atoms. The van der Waals surface area contributed by atoms with Crippen LogP contribution in [0.5, 0.6) is 0 Å². The number of carbonyl (C=O) groups excluding carboxylic acids is 1. The molecule has 0 aliphatic rings. The van der Waals surface area contributed by atoms with Crippen LogP contribution in [0.2, 0.25) is 10.0 Å². The van der Waals surface area contributed by atoms with E-state index in [9.17, 15) is 4.79 Å². The van der Waals surface area contributed by atoms with Crippen molar-refractivity contribution in [1.82, 2.24) is 15.0 Å². The van der Waals surface area contributed by atoms with Gasteiger partial charge in [0, 0.05) is 22.2 Å². The zero-order valence-electron chi connectivity index (χ0n) is 13.5. The van der Waals surface area contributed by atoms with E-state index < -0.39 is 5.91 Å². The molecular weight excluding hydrogens is 407 g/mol. The van der Waals surface area contributed by atoms with Gasteiger partial charge in [0.1, 0.15) is 17.1 Å². The minimum absolute atomic E-state index is 0.0879. The maximum Gasteiger partial charge on any atom is 0.295 e. The van der Waals surface area contributed by atoms with Gasteiger partial charge in [-0.2, -0.15) is 0 Å². The molecule has 0 fully saturated rings. The summed E-state index contributed by atoms with van der Waals surface area (Å²) < 4.78 is 5.28. The highest BCUT2D eigenvalue weighted by atomic mass is 35.5. The van der Waals surface area contributed by atoms with Crippen LogP contribution in [-0.4, -0.2) is 20.9 Å². The summed E-state index contributed by atoms with van der Waals surface area (Å²) >= 11 is 13.3. The number of carbonyl (C=O) groups is 1. The van der Waals surface area contributed by atoms with Crippen LogP contribution < -0.4 is 5.32 Å². The van der Waals surface area contributed by atoms with Gasteiger partial charge >= 0.3 is 0 Å². The summed E-state index contributed by atoms with van der Waals surface area (Å²) in [5.41, 5.74) is 2.28. The van der Waals surface area contributed by atoms with Crippen molar-refractivity contribution in [2.45, 2.75) is 0 Å². The Bertz CT molecular complexity index is 1110. The van der Waals surface area contributed by atoms with E-state index in [0.29, 0.717) is 32.3 Å². The summed E-state index contributed by atoms with van der Waals surface area (Å²) in [6.07, 6.45) is 2.85. The van der Waals surface area contributed by atoms with E-state index in [1.54, 1.807) is 48.0 Å². The van der Waals surface area contributed by atoms with Crippen molar-refractivity contribution in [3.05, 3.63) is 70.2 Å². The fourth-order valence-corrected chi connectivity index (χ4v) is 3.42. The van der Waals surface area contributed by atoms with Crippen LogP contribution in [0, 0.1) is 0 Å². The number of benzene rings is 1. The van der Waals surface area contributed by atoms with Crippen LogP contribution in [0.3, 0.4) is 0 Å². The second-order valence-electron chi connectivity index (χ2n) is 5.36. The van der Waals surface area contributed by atoms with Gasteiger partial charge in [-0.3, -0.25) is 15.1 Å². The molecule has 6 nitrogen and oxygen atoms in total. The summed E-state index contributed by atoms with van der Waals surface area (Å²) in [6.45, 7) is 0. The number of halogens is 2. The van der Waals surface area contributed by atoms with Crippen molar-refractivity contribution in [3.8, 4) is 22.6 Å². The molecule has 1 aromatic carbocycles. The normalized spacial score (nSPS) is 10.7. The fourth-order valence-electron chi connectivity index (χ4n) is 2.39. The average Bonchev–Trinajstić information content (AvgIpc) is 3.32. The lowest BCUT2D eigenvalue weighted by atomic mass is 10.1. The molecule has 0 saturated carbocycles. The van der Waals surface area contributed by atoms with Crippen LogP contribution in [0.15, 0.2) is 58.8 Å². The monoisotopic (exact) mass is 416 g/mol. The van der Waals surface area contributed by atoms with Gasteiger partial charge in [0.2, 0.25) is 5.76 Å². The first-order valence-corrected chi connectivity index (χ1v) is 9.32. The van der Waals surface area contributed by atoms with Crippen LogP contribution in [0.25, 0.3) is 22.6 Å². The molecule has 0 spiro atoms. The van der Waals surface area contributed by atoms with Crippen molar-refractivity contribution in [3.63, 3.8) is 0 Å². The van der Waals surface area contributed by atoms with E-state index in [2.05, 4.69) is 20.3 Å². The highest BCUT2D eigenvalue weighted by molar-refractivity contribution is 7.14. The molecule has 0 atom stereocenters. The quantitative estimate of drug-likeness (QED) is 0.480. The van der Waals surface area contributed by atoms with Gasteiger partial charge in [-0.1, -0.05) is 35.3 Å². The standard InChI is InChI=1S/C18H10Cl2N4O2S/c19-11-5-3-10(4-6-11)14-16(26-9-22-14)17(25)24-18-23-13(8-27-18)15-12(20)2-1-7-21-15/h1-9H,(H,23,24,25). The van der Waals surface area contributed by atoms with Gasteiger partial charge in [-0.05, 0) is 24.3 Å². The molecule has 0 bridgehead atoms. The first kappa shape index (κ1) is 17.7. The smallest absolute Gasteiger partial charge is 0.295 e. The molecular formula is C18H10Cl2N4O2S. The minimum Gasteiger partial charge on any atom is -0.438 e. The largest absolute Gasteiger partial charge is 0.438 e. The minimum atomic E-state index is -0.453. The Morgan fingerprint density at radius 2 is 1.89 bits per heavy atom. The lowest BCUT2D eigenvalue weighted by Gasteiger charge is -2.02. The highest BCUT2D eigenvalue weighted by Crippen LogP contribution is 2.29. The molecule has 134 valence electrons. The van der Waals surface area contributed by atoms with Gasteiger partial charge in [0.05, 0.1) is 5.02 Å². The summed E-state index contributed by atoms with van der Waals surface area (Å²) in [5.74, 6) is -0.365. The number of nitrogens with one attached hydrogen (secondary N) is 1. The number of oxazole rings is 1. The second-order valence-corrected chi connectivity index (χ2v) is 7.06. The van der Waals surface area contributed by atoms with E-state index in [0.717, 1.165) is 5.56 Å². The molecule has 0 aliphatic heterocycles. The van der Waals surface area contributed by atoms with Crippen molar-refractivity contribution in [1.29, 1.82) is 0 Å². The Hall–Kier alpha value is -2.74. The van der Waals surface area contributed by atoms with Gasteiger partial charge in [0.15, 0.2) is 11.5 Å². The van der Waals surface area contributed by atoms with E-state index in [4.69, 9.17) is 27.6 Å². The number of pyridine rings is 1. The maximum absolute atomic E-state index is 12.6. The van der Waals surface area contributed by atoms with Crippen molar-refractivity contribution in [2.75, 3.05) is 5.32 Å². The number of rotatable bonds is 4. The lowest BCUT2D eigenvalue weighted by Crippen LogP contribution is -2.12. The molecule has 0 unspecified atom stereocenters. The van der Waals surface area contributed by atoms with Crippen LogP contribution in [-0.2, 0) is 0 Å². The molecule has 3 heterocycles. The molecule has 1 amide bonds. The summed E-state index contributed by atoms with van der Waals surface area (Å²) in [6, 6.07) is 10.4. The zero-order valence-corrected chi connectivity index (χ0v) is 15.8. The van der Waals surface area contributed by atoms with Crippen molar-refractivity contribution < 1.29 is 9.21 Å². The summed E-state index contributed by atoms with van der Waals surface area (Å²) in [4.78, 5) is 25.3. The third-order valence-corrected chi connectivity index (χ3v) is 4.93. The molecule has 4 aromatic rings. The van der Waals surface area contributed by atoms with E-state index in [1.807, 2.05) is 0 Å². The Balaban J connectivity index is 1.57. The topological polar surface area (TPSA) is 80.9 Å². The zero-order chi connectivity index (χ0) is 18.8. The van der Waals surface area contributed by atoms with Crippen LogP contribution >= 0.6 is 34.5 Å². The average molecular weight is 417 g/mol. The number of amides is 1. The molecule has 9 heteroatoms. The number of nitrogens with zero attached hydrogens (tertiary/aromatic N) is 3. The van der Waals surface area contributed by atoms with Gasteiger partial charge in [-0.25, -0.2) is 9.97 Å².